The minimum Gasteiger partial charge on any atom is -0.352 e. The molecule has 1 fully saturated rings. The first-order chi connectivity index (χ1) is 11.2. The third-order valence-electron chi connectivity index (χ3n) is 4.45. The Bertz CT molecular complexity index is 642. The molecule has 0 radical (unpaired) electrons. The molecular formula is C19H21ClN2O. The van der Waals surface area contributed by atoms with Gasteiger partial charge in [-0.25, -0.2) is 0 Å². The molecule has 2 atom stereocenters. The van der Waals surface area contributed by atoms with Crippen LogP contribution in [0.15, 0.2) is 54.6 Å². The highest BCUT2D eigenvalue weighted by Crippen LogP contribution is 2.21. The first-order valence-electron chi connectivity index (χ1n) is 8.01. The zero-order chi connectivity index (χ0) is 16.1. The molecular weight excluding hydrogens is 308 g/mol. The van der Waals surface area contributed by atoms with E-state index in [1.807, 2.05) is 6.07 Å². The number of hydrogen-bond acceptors (Lipinski definition) is 2. The molecule has 0 spiro atoms. The molecule has 3 rings (SSSR count). The molecule has 0 aromatic heterocycles. The Hall–Kier alpha value is -1.84. The molecule has 3 nitrogen and oxygen atoms in total. The van der Waals surface area contributed by atoms with Crippen LogP contribution in [0, 0.1) is 11.8 Å². The van der Waals surface area contributed by atoms with Crippen LogP contribution in [0.1, 0.15) is 15.9 Å². The van der Waals surface area contributed by atoms with E-state index in [2.05, 4.69) is 34.9 Å². The number of halogens is 1. The molecule has 0 unspecified atom stereocenters. The summed E-state index contributed by atoms with van der Waals surface area (Å²) in [4.78, 5) is 12.2. The summed E-state index contributed by atoms with van der Waals surface area (Å²) < 4.78 is 0. The molecule has 2 N–H and O–H groups in total. The number of rotatable bonds is 5. The van der Waals surface area contributed by atoms with Gasteiger partial charge in [0, 0.05) is 17.1 Å². The van der Waals surface area contributed by atoms with E-state index in [1.165, 1.54) is 5.56 Å². The van der Waals surface area contributed by atoms with Crippen LogP contribution in [0.2, 0.25) is 5.02 Å². The molecule has 1 aliphatic rings. The molecule has 23 heavy (non-hydrogen) atoms. The Morgan fingerprint density at radius 2 is 1.74 bits per heavy atom. The van der Waals surface area contributed by atoms with Crippen LogP contribution < -0.4 is 10.6 Å². The number of carbonyl (C=O) groups excluding carboxylic acids is 1. The van der Waals surface area contributed by atoms with Gasteiger partial charge in [-0.2, -0.15) is 0 Å². The summed E-state index contributed by atoms with van der Waals surface area (Å²) in [5, 5.41) is 7.14. The largest absolute Gasteiger partial charge is 0.352 e. The fourth-order valence-electron chi connectivity index (χ4n) is 3.11. The molecule has 2 aromatic carbocycles. The van der Waals surface area contributed by atoms with Crippen molar-refractivity contribution in [2.45, 2.75) is 6.42 Å². The van der Waals surface area contributed by atoms with Crippen molar-refractivity contribution in [3.63, 3.8) is 0 Å². The third kappa shape index (κ3) is 4.34. The first kappa shape index (κ1) is 16.0. The maximum atomic E-state index is 12.2. The Kier molecular flexibility index (Phi) is 5.31. The molecule has 2 aromatic rings. The van der Waals surface area contributed by atoms with Gasteiger partial charge in [-0.3, -0.25) is 4.79 Å². The van der Waals surface area contributed by atoms with Crippen molar-refractivity contribution in [2.75, 3.05) is 19.6 Å². The molecule has 1 saturated heterocycles. The van der Waals surface area contributed by atoms with Crippen molar-refractivity contribution in [3.8, 4) is 0 Å². The summed E-state index contributed by atoms with van der Waals surface area (Å²) in [6.45, 7) is 2.67. The first-order valence-corrected chi connectivity index (χ1v) is 8.38. The van der Waals surface area contributed by atoms with Crippen molar-refractivity contribution in [3.05, 3.63) is 70.7 Å². The minimum absolute atomic E-state index is 0.0352. The predicted octanol–water partition coefficient (Wildman–Crippen LogP) is 3.15. The van der Waals surface area contributed by atoms with Crippen LogP contribution in [0.3, 0.4) is 0 Å². The van der Waals surface area contributed by atoms with Gasteiger partial charge in [0.1, 0.15) is 0 Å². The molecule has 120 valence electrons. The lowest BCUT2D eigenvalue weighted by Crippen LogP contribution is -2.33. The van der Waals surface area contributed by atoms with E-state index in [-0.39, 0.29) is 5.91 Å². The van der Waals surface area contributed by atoms with Crippen molar-refractivity contribution in [2.24, 2.45) is 11.8 Å². The van der Waals surface area contributed by atoms with Gasteiger partial charge in [0.05, 0.1) is 0 Å². The van der Waals surface area contributed by atoms with E-state index in [4.69, 9.17) is 11.6 Å². The zero-order valence-electron chi connectivity index (χ0n) is 13.0. The fourth-order valence-corrected chi connectivity index (χ4v) is 3.24. The number of amides is 1. The molecule has 4 heteroatoms. The second kappa shape index (κ2) is 7.62. The van der Waals surface area contributed by atoms with Gasteiger partial charge in [0.25, 0.3) is 5.91 Å². The number of nitrogens with one attached hydrogen (secondary N) is 2. The van der Waals surface area contributed by atoms with Crippen molar-refractivity contribution in [1.82, 2.24) is 10.6 Å². The van der Waals surface area contributed by atoms with E-state index in [1.54, 1.807) is 24.3 Å². The maximum absolute atomic E-state index is 12.2. The van der Waals surface area contributed by atoms with E-state index in [0.717, 1.165) is 19.5 Å². The SMILES string of the molecule is O=C(NC[C@H]1CNC[C@@H]1Cc1ccccc1)c1ccc(Cl)cc1. The normalized spacial score (nSPS) is 20.4. The summed E-state index contributed by atoms with van der Waals surface area (Å²) in [6.07, 6.45) is 1.05. The molecule has 1 aliphatic heterocycles. The standard InChI is InChI=1S/C19H21ClN2O/c20-18-8-6-15(7-9-18)19(23)22-13-17-12-21-11-16(17)10-14-4-2-1-3-5-14/h1-9,16-17,21H,10-13H2,(H,22,23)/t16-,17+/m0/s1. The summed E-state index contributed by atoms with van der Waals surface area (Å²) in [5.74, 6) is 0.987. The Morgan fingerprint density at radius 1 is 1.04 bits per heavy atom. The van der Waals surface area contributed by atoms with Gasteiger partial charge in [0.2, 0.25) is 0 Å². The van der Waals surface area contributed by atoms with E-state index >= 15 is 0 Å². The van der Waals surface area contributed by atoms with Gasteiger partial charge in [0.15, 0.2) is 0 Å². The average Bonchev–Trinajstić information content (AvgIpc) is 3.01. The second-order valence-corrected chi connectivity index (χ2v) is 6.52. The smallest absolute Gasteiger partial charge is 0.251 e. The van der Waals surface area contributed by atoms with Crippen LogP contribution in [0.4, 0.5) is 0 Å². The van der Waals surface area contributed by atoms with Gasteiger partial charge in [-0.1, -0.05) is 41.9 Å². The van der Waals surface area contributed by atoms with Crippen LogP contribution in [-0.4, -0.2) is 25.5 Å². The Balaban J connectivity index is 1.54. The lowest BCUT2D eigenvalue weighted by atomic mass is 9.89. The lowest BCUT2D eigenvalue weighted by molar-refractivity contribution is 0.0945. The van der Waals surface area contributed by atoms with Gasteiger partial charge in [-0.15, -0.1) is 0 Å². The van der Waals surface area contributed by atoms with Crippen molar-refractivity contribution in [1.29, 1.82) is 0 Å². The third-order valence-corrected chi connectivity index (χ3v) is 4.70. The monoisotopic (exact) mass is 328 g/mol. The van der Waals surface area contributed by atoms with E-state index < -0.39 is 0 Å². The van der Waals surface area contributed by atoms with E-state index in [9.17, 15) is 4.79 Å². The zero-order valence-corrected chi connectivity index (χ0v) is 13.7. The average molecular weight is 329 g/mol. The highest BCUT2D eigenvalue weighted by atomic mass is 35.5. The molecule has 0 bridgehead atoms. The number of carbonyl (C=O) groups is 1. The van der Waals surface area contributed by atoms with Gasteiger partial charge in [-0.05, 0) is 61.2 Å². The van der Waals surface area contributed by atoms with Crippen molar-refractivity contribution < 1.29 is 4.79 Å². The highest BCUT2D eigenvalue weighted by Gasteiger charge is 2.27. The van der Waals surface area contributed by atoms with E-state index in [0.29, 0.717) is 29.0 Å². The molecule has 0 saturated carbocycles. The van der Waals surface area contributed by atoms with Crippen LogP contribution in [0.25, 0.3) is 0 Å². The van der Waals surface area contributed by atoms with Crippen LogP contribution in [0.5, 0.6) is 0 Å². The fraction of sp³-hybridized carbons (Fsp3) is 0.316. The van der Waals surface area contributed by atoms with Gasteiger partial charge >= 0.3 is 0 Å². The maximum Gasteiger partial charge on any atom is 0.251 e. The van der Waals surface area contributed by atoms with Gasteiger partial charge < -0.3 is 10.6 Å². The predicted molar refractivity (Wildman–Crippen MR) is 93.8 cm³/mol. The summed E-state index contributed by atoms with van der Waals surface area (Å²) in [7, 11) is 0. The minimum atomic E-state index is -0.0352. The number of benzene rings is 2. The molecule has 1 heterocycles. The Morgan fingerprint density at radius 3 is 2.48 bits per heavy atom. The molecule has 0 aliphatic carbocycles. The number of hydrogen-bond donors (Lipinski definition) is 2. The topological polar surface area (TPSA) is 41.1 Å². The van der Waals surface area contributed by atoms with Crippen molar-refractivity contribution >= 4 is 17.5 Å². The van der Waals surface area contributed by atoms with Crippen LogP contribution >= 0.6 is 11.6 Å². The lowest BCUT2D eigenvalue weighted by Gasteiger charge is -2.19. The summed E-state index contributed by atoms with van der Waals surface area (Å²) in [5.41, 5.74) is 2.01. The highest BCUT2D eigenvalue weighted by molar-refractivity contribution is 6.30. The quantitative estimate of drug-likeness (QED) is 0.885. The summed E-state index contributed by atoms with van der Waals surface area (Å²) in [6, 6.07) is 17.5. The second-order valence-electron chi connectivity index (χ2n) is 6.09. The van der Waals surface area contributed by atoms with Crippen LogP contribution in [-0.2, 0) is 6.42 Å². The Labute approximate surface area is 142 Å². The molecule has 1 amide bonds. The summed E-state index contributed by atoms with van der Waals surface area (Å²) >= 11 is 5.85.